The standard InChI is InChI=1S/C33H36O6/c1-5-28(39-33(35)24(2)3)14-11-23-36-31-16-10-9-15-30(31)27-18-20-29(21-19-27)37-25(4)38-32(34)22-17-26-12-7-6-8-13-26/h6-10,12-13,15-22,25,28H,2,5,11,14,23H2,1,3-4H3/b22-17+. The Labute approximate surface area is 230 Å². The minimum absolute atomic E-state index is 0.151. The second-order valence-electron chi connectivity index (χ2n) is 9.09. The molecule has 0 heterocycles. The third-order valence-corrected chi connectivity index (χ3v) is 5.85. The molecule has 3 rings (SSSR count). The van der Waals surface area contributed by atoms with Crippen LogP contribution in [-0.4, -0.2) is 30.9 Å². The molecule has 0 aliphatic carbocycles. The van der Waals surface area contributed by atoms with Gasteiger partial charge in [0.25, 0.3) is 0 Å². The fourth-order valence-corrected chi connectivity index (χ4v) is 3.78. The zero-order chi connectivity index (χ0) is 28.0. The van der Waals surface area contributed by atoms with Gasteiger partial charge in [-0.25, -0.2) is 9.59 Å². The van der Waals surface area contributed by atoms with Gasteiger partial charge in [0, 0.05) is 24.1 Å². The van der Waals surface area contributed by atoms with E-state index in [9.17, 15) is 9.59 Å². The van der Waals surface area contributed by atoms with E-state index in [1.54, 1.807) is 19.9 Å². The fourth-order valence-electron chi connectivity index (χ4n) is 3.78. The van der Waals surface area contributed by atoms with Gasteiger partial charge >= 0.3 is 11.9 Å². The number of esters is 2. The monoisotopic (exact) mass is 528 g/mol. The number of benzene rings is 3. The van der Waals surface area contributed by atoms with E-state index in [4.69, 9.17) is 18.9 Å². The minimum atomic E-state index is -0.749. The lowest BCUT2D eigenvalue weighted by atomic mass is 10.0. The van der Waals surface area contributed by atoms with Gasteiger partial charge in [0.05, 0.1) is 6.61 Å². The molecular formula is C33H36O6. The minimum Gasteiger partial charge on any atom is -0.493 e. The van der Waals surface area contributed by atoms with E-state index in [1.165, 1.54) is 6.08 Å². The average molecular weight is 529 g/mol. The summed E-state index contributed by atoms with van der Waals surface area (Å²) in [7, 11) is 0. The zero-order valence-electron chi connectivity index (χ0n) is 22.8. The third kappa shape index (κ3) is 9.82. The van der Waals surface area contributed by atoms with Crippen molar-refractivity contribution < 1.29 is 28.5 Å². The predicted molar refractivity (Wildman–Crippen MR) is 153 cm³/mol. The molecule has 0 saturated carbocycles. The lowest BCUT2D eigenvalue weighted by molar-refractivity contribution is -0.155. The first-order valence-electron chi connectivity index (χ1n) is 13.1. The van der Waals surface area contributed by atoms with Gasteiger partial charge in [-0.15, -0.1) is 0 Å². The highest BCUT2D eigenvalue weighted by atomic mass is 16.7. The van der Waals surface area contributed by atoms with E-state index in [2.05, 4.69) is 6.58 Å². The van der Waals surface area contributed by atoms with Crippen LogP contribution in [0.25, 0.3) is 17.2 Å². The normalized spacial score (nSPS) is 12.4. The number of rotatable bonds is 14. The molecule has 3 aromatic rings. The van der Waals surface area contributed by atoms with E-state index >= 15 is 0 Å². The molecule has 2 unspecified atom stereocenters. The second-order valence-corrected chi connectivity index (χ2v) is 9.09. The van der Waals surface area contributed by atoms with E-state index in [-0.39, 0.29) is 12.1 Å². The van der Waals surface area contributed by atoms with Crippen molar-refractivity contribution in [3.8, 4) is 22.6 Å². The molecule has 3 aromatic carbocycles. The summed E-state index contributed by atoms with van der Waals surface area (Å²) >= 11 is 0. The molecule has 0 radical (unpaired) electrons. The van der Waals surface area contributed by atoms with E-state index < -0.39 is 12.3 Å². The Morgan fingerprint density at radius 2 is 1.62 bits per heavy atom. The van der Waals surface area contributed by atoms with Crippen LogP contribution in [0.4, 0.5) is 0 Å². The maximum atomic E-state index is 12.1. The summed E-state index contributed by atoms with van der Waals surface area (Å²) < 4.78 is 22.6. The van der Waals surface area contributed by atoms with Crippen LogP contribution in [0.5, 0.6) is 11.5 Å². The summed E-state index contributed by atoms with van der Waals surface area (Å²) in [5.74, 6) is 0.520. The lowest BCUT2D eigenvalue weighted by Crippen LogP contribution is -2.19. The number of ether oxygens (including phenoxy) is 4. The first-order chi connectivity index (χ1) is 18.9. The summed E-state index contributed by atoms with van der Waals surface area (Å²) in [6.45, 7) is 9.45. The molecule has 0 amide bonds. The van der Waals surface area contributed by atoms with Gasteiger partial charge in [0.2, 0.25) is 6.29 Å². The van der Waals surface area contributed by atoms with E-state index in [0.29, 0.717) is 24.4 Å². The first kappa shape index (κ1) is 29.2. The van der Waals surface area contributed by atoms with Gasteiger partial charge in [-0.05, 0) is 61.6 Å². The molecule has 39 heavy (non-hydrogen) atoms. The van der Waals surface area contributed by atoms with Gasteiger partial charge in [0.1, 0.15) is 17.6 Å². The Hall–Kier alpha value is -4.32. The number of carbonyl (C=O) groups is 2. The molecule has 0 bridgehead atoms. The van der Waals surface area contributed by atoms with Gasteiger partial charge < -0.3 is 18.9 Å². The highest BCUT2D eigenvalue weighted by molar-refractivity contribution is 5.87. The van der Waals surface area contributed by atoms with Crippen molar-refractivity contribution >= 4 is 18.0 Å². The van der Waals surface area contributed by atoms with Crippen LogP contribution in [-0.2, 0) is 19.1 Å². The Kier molecular flexibility index (Phi) is 11.4. The summed E-state index contributed by atoms with van der Waals surface area (Å²) in [5, 5.41) is 0. The molecule has 6 nitrogen and oxygen atoms in total. The summed E-state index contributed by atoms with van der Waals surface area (Å²) in [5.41, 5.74) is 3.24. The largest absolute Gasteiger partial charge is 0.493 e. The van der Waals surface area contributed by atoms with Crippen LogP contribution in [0.1, 0.15) is 45.6 Å². The van der Waals surface area contributed by atoms with Crippen molar-refractivity contribution in [3.05, 3.63) is 103 Å². The highest BCUT2D eigenvalue weighted by Crippen LogP contribution is 2.31. The number of para-hydroxylation sites is 1. The quantitative estimate of drug-likeness (QED) is 0.0940. The molecule has 6 heteroatoms. The molecule has 0 aromatic heterocycles. The molecule has 0 saturated heterocycles. The van der Waals surface area contributed by atoms with Gasteiger partial charge in [0.15, 0.2) is 0 Å². The zero-order valence-corrected chi connectivity index (χ0v) is 22.8. The van der Waals surface area contributed by atoms with Crippen LogP contribution < -0.4 is 9.47 Å². The van der Waals surface area contributed by atoms with E-state index in [1.807, 2.05) is 85.8 Å². The topological polar surface area (TPSA) is 71.1 Å². The van der Waals surface area contributed by atoms with Crippen molar-refractivity contribution in [2.45, 2.75) is 52.4 Å². The van der Waals surface area contributed by atoms with Gasteiger partial charge in [-0.2, -0.15) is 0 Å². The Morgan fingerprint density at radius 1 is 0.923 bits per heavy atom. The fraction of sp³-hybridized carbons (Fsp3) is 0.273. The van der Waals surface area contributed by atoms with Crippen molar-refractivity contribution in [1.29, 1.82) is 0 Å². The van der Waals surface area contributed by atoms with Crippen molar-refractivity contribution in [2.75, 3.05) is 6.61 Å². The van der Waals surface area contributed by atoms with Crippen LogP contribution in [0.15, 0.2) is 97.1 Å². The van der Waals surface area contributed by atoms with Crippen molar-refractivity contribution in [2.24, 2.45) is 0 Å². The second kappa shape index (κ2) is 15.2. The summed E-state index contributed by atoms with van der Waals surface area (Å²) in [6.07, 6.45) is 4.39. The molecule has 0 aliphatic heterocycles. The Balaban J connectivity index is 1.51. The number of carbonyl (C=O) groups excluding carboxylic acids is 2. The van der Waals surface area contributed by atoms with Crippen LogP contribution in [0.2, 0.25) is 0 Å². The van der Waals surface area contributed by atoms with E-state index in [0.717, 1.165) is 35.3 Å². The Morgan fingerprint density at radius 3 is 2.31 bits per heavy atom. The maximum Gasteiger partial charge on any atom is 0.333 e. The van der Waals surface area contributed by atoms with Crippen LogP contribution >= 0.6 is 0 Å². The Bertz CT molecular complexity index is 1250. The SMILES string of the molecule is C=C(C)C(=O)OC(CC)CCCOc1ccccc1-c1ccc(OC(C)OC(=O)/C=C/c2ccccc2)cc1. The average Bonchev–Trinajstić information content (AvgIpc) is 2.94. The molecule has 0 fully saturated rings. The first-order valence-corrected chi connectivity index (χ1v) is 13.1. The highest BCUT2D eigenvalue weighted by Gasteiger charge is 2.14. The van der Waals surface area contributed by atoms with Crippen LogP contribution in [0.3, 0.4) is 0 Å². The smallest absolute Gasteiger partial charge is 0.333 e. The number of hydrogen-bond acceptors (Lipinski definition) is 6. The van der Waals surface area contributed by atoms with Crippen molar-refractivity contribution in [3.63, 3.8) is 0 Å². The predicted octanol–water partition coefficient (Wildman–Crippen LogP) is 7.39. The lowest BCUT2D eigenvalue weighted by Gasteiger charge is -2.17. The van der Waals surface area contributed by atoms with Crippen molar-refractivity contribution in [1.82, 2.24) is 0 Å². The third-order valence-electron chi connectivity index (χ3n) is 5.85. The summed E-state index contributed by atoms with van der Waals surface area (Å²) in [4.78, 5) is 23.9. The maximum absolute atomic E-state index is 12.1. The van der Waals surface area contributed by atoms with Gasteiger partial charge in [-0.3, -0.25) is 0 Å². The molecule has 204 valence electrons. The summed E-state index contributed by atoms with van der Waals surface area (Å²) in [6, 6.07) is 24.9. The van der Waals surface area contributed by atoms with Gasteiger partial charge in [-0.1, -0.05) is 74.2 Å². The molecule has 0 N–H and O–H groups in total. The molecule has 2 atom stereocenters. The van der Waals surface area contributed by atoms with Crippen LogP contribution in [0, 0.1) is 0 Å². The molecular weight excluding hydrogens is 492 g/mol. The molecule has 0 aliphatic rings. The number of hydrogen-bond donors (Lipinski definition) is 0. The molecule has 0 spiro atoms.